The maximum atomic E-state index is 12.8. The highest BCUT2D eigenvalue weighted by molar-refractivity contribution is 5.77. The summed E-state index contributed by atoms with van der Waals surface area (Å²) < 4.78 is 10.4. The number of aromatic nitrogens is 2. The molecule has 0 saturated heterocycles. The molecule has 4 N–H and O–H groups in total. The molecule has 27 heavy (non-hydrogen) atoms. The van der Waals surface area contributed by atoms with Gasteiger partial charge in [0.05, 0.1) is 18.6 Å². The molecule has 2 aromatic rings. The average Bonchev–Trinajstić information content (AvgIpc) is 2.98. The topological polar surface area (TPSA) is 125 Å². The average molecular weight is 374 g/mol. The van der Waals surface area contributed by atoms with E-state index >= 15 is 0 Å². The summed E-state index contributed by atoms with van der Waals surface area (Å²) in [5, 5.41) is 26.2. The molecule has 8 heteroatoms. The Balaban J connectivity index is 2.20. The van der Waals surface area contributed by atoms with Crippen molar-refractivity contribution in [3.63, 3.8) is 0 Å². The van der Waals surface area contributed by atoms with Crippen LogP contribution in [0.5, 0.6) is 11.5 Å². The largest absolute Gasteiger partial charge is 0.504 e. The van der Waals surface area contributed by atoms with Crippen LogP contribution < -0.4 is 10.3 Å². The van der Waals surface area contributed by atoms with Gasteiger partial charge in [-0.3, -0.25) is 14.7 Å². The molecule has 0 aliphatic heterocycles. The highest BCUT2D eigenvalue weighted by atomic mass is 16.5. The first-order chi connectivity index (χ1) is 12.8. The summed E-state index contributed by atoms with van der Waals surface area (Å²) in [7, 11) is 1.40. The van der Waals surface area contributed by atoms with E-state index in [0.29, 0.717) is 16.8 Å². The number of aliphatic hydroxyl groups is 1. The van der Waals surface area contributed by atoms with Gasteiger partial charge in [0.25, 0.3) is 5.56 Å². The summed E-state index contributed by atoms with van der Waals surface area (Å²) in [6.07, 6.45) is 1.52. The molecule has 0 unspecified atom stereocenters. The zero-order valence-electron chi connectivity index (χ0n) is 15.1. The Kier molecular flexibility index (Phi) is 4.84. The van der Waals surface area contributed by atoms with Crippen LogP contribution in [-0.2, 0) is 16.0 Å². The second kappa shape index (κ2) is 6.96. The molecule has 1 aliphatic carbocycles. The Hall–Kier alpha value is -3.00. The molecule has 1 aromatic heterocycles. The van der Waals surface area contributed by atoms with E-state index in [1.165, 1.54) is 26.2 Å². The monoisotopic (exact) mass is 374 g/mol. The fourth-order valence-corrected chi connectivity index (χ4v) is 3.73. The van der Waals surface area contributed by atoms with Gasteiger partial charge in [-0.2, -0.15) is 0 Å². The number of esters is 1. The first-order valence-corrected chi connectivity index (χ1v) is 8.46. The molecule has 0 amide bonds. The van der Waals surface area contributed by atoms with E-state index < -0.39 is 23.4 Å². The third-order valence-electron chi connectivity index (χ3n) is 4.91. The van der Waals surface area contributed by atoms with Crippen molar-refractivity contribution in [1.82, 2.24) is 10.2 Å². The van der Waals surface area contributed by atoms with Gasteiger partial charge < -0.3 is 24.8 Å². The van der Waals surface area contributed by atoms with E-state index in [0.717, 1.165) is 0 Å². The molecule has 1 aliphatic rings. The van der Waals surface area contributed by atoms with Gasteiger partial charge in [-0.1, -0.05) is 18.7 Å². The number of phenolic OH excluding ortho intramolecular Hbond substituents is 1. The van der Waals surface area contributed by atoms with Gasteiger partial charge in [-0.25, -0.2) is 0 Å². The van der Waals surface area contributed by atoms with Crippen molar-refractivity contribution in [2.45, 2.75) is 24.9 Å². The SMILES string of the molecule is C=CCOC(=O)[C@@H]1[C@H](c2ccc(O)c(OC)c2)c2c([nH][nH]c2=O)C[C@]1(C)O. The first-order valence-electron chi connectivity index (χ1n) is 8.46. The molecule has 1 aromatic carbocycles. The summed E-state index contributed by atoms with van der Waals surface area (Å²) in [4.78, 5) is 25.2. The number of benzene rings is 1. The second-order valence-electron chi connectivity index (χ2n) is 6.81. The number of carbonyl (C=O) groups excluding carboxylic acids is 1. The number of hydrogen-bond acceptors (Lipinski definition) is 6. The minimum Gasteiger partial charge on any atom is -0.504 e. The summed E-state index contributed by atoms with van der Waals surface area (Å²) in [5.74, 6) is -2.33. The summed E-state index contributed by atoms with van der Waals surface area (Å²) in [6.45, 7) is 5.05. The van der Waals surface area contributed by atoms with Gasteiger partial charge >= 0.3 is 5.97 Å². The molecule has 144 valence electrons. The van der Waals surface area contributed by atoms with E-state index in [1.807, 2.05) is 0 Å². The number of phenols is 1. The van der Waals surface area contributed by atoms with Crippen molar-refractivity contribution in [2.24, 2.45) is 5.92 Å². The molecule has 0 bridgehead atoms. The third kappa shape index (κ3) is 3.23. The van der Waals surface area contributed by atoms with Crippen molar-refractivity contribution in [3.05, 3.63) is 58.0 Å². The molecule has 8 nitrogen and oxygen atoms in total. The second-order valence-corrected chi connectivity index (χ2v) is 6.81. The number of methoxy groups -OCH3 is 1. The molecular formula is C19H22N2O6. The third-order valence-corrected chi connectivity index (χ3v) is 4.91. The molecule has 0 saturated carbocycles. The molecule has 3 atom stereocenters. The van der Waals surface area contributed by atoms with Crippen LogP contribution in [-0.4, -0.2) is 45.7 Å². The Labute approximate surface area is 155 Å². The molecule has 0 fully saturated rings. The van der Waals surface area contributed by atoms with E-state index in [4.69, 9.17) is 9.47 Å². The molecule has 3 rings (SSSR count). The van der Waals surface area contributed by atoms with Crippen molar-refractivity contribution >= 4 is 5.97 Å². The van der Waals surface area contributed by atoms with Gasteiger partial charge in [-0.05, 0) is 24.6 Å². The van der Waals surface area contributed by atoms with Crippen LogP contribution in [0.2, 0.25) is 0 Å². The van der Waals surface area contributed by atoms with Gasteiger partial charge in [0.2, 0.25) is 0 Å². The van der Waals surface area contributed by atoms with Crippen LogP contribution in [0.3, 0.4) is 0 Å². The number of aromatic hydroxyl groups is 1. The number of fused-ring (bicyclic) bond motifs is 1. The lowest BCUT2D eigenvalue weighted by atomic mass is 9.66. The quantitative estimate of drug-likeness (QED) is 0.460. The maximum absolute atomic E-state index is 12.8. The lowest BCUT2D eigenvalue weighted by Crippen LogP contribution is -2.50. The zero-order valence-corrected chi connectivity index (χ0v) is 15.1. The van der Waals surface area contributed by atoms with E-state index in [9.17, 15) is 19.8 Å². The number of carbonyl (C=O) groups is 1. The number of aromatic amines is 2. The lowest BCUT2D eigenvalue weighted by molar-refractivity contribution is -0.158. The van der Waals surface area contributed by atoms with Gasteiger partial charge in [0.1, 0.15) is 6.61 Å². The highest BCUT2D eigenvalue weighted by Gasteiger charge is 2.51. The Morgan fingerprint density at radius 1 is 1.44 bits per heavy atom. The molecule has 0 spiro atoms. The van der Waals surface area contributed by atoms with Crippen molar-refractivity contribution < 1.29 is 24.5 Å². The summed E-state index contributed by atoms with van der Waals surface area (Å²) in [6, 6.07) is 4.56. The Morgan fingerprint density at radius 3 is 2.85 bits per heavy atom. The first kappa shape index (κ1) is 18.8. The molecule has 1 heterocycles. The van der Waals surface area contributed by atoms with Crippen LogP contribution in [0, 0.1) is 5.92 Å². The van der Waals surface area contributed by atoms with E-state index in [-0.39, 0.29) is 30.1 Å². The number of hydrogen-bond donors (Lipinski definition) is 4. The minimum absolute atomic E-state index is 0.00656. The van der Waals surface area contributed by atoms with Crippen LogP contribution in [0.15, 0.2) is 35.6 Å². The van der Waals surface area contributed by atoms with Crippen LogP contribution in [0.1, 0.15) is 29.7 Å². The van der Waals surface area contributed by atoms with Gasteiger partial charge in [-0.15, -0.1) is 0 Å². The standard InChI is InChI=1S/C19H22N2O6/c1-4-7-27-18(24)16-14(10-5-6-12(22)13(8-10)26-3)15-11(9-19(16,2)25)20-21-17(15)23/h4-6,8,14,16,22,25H,1,7,9H2,2-3H3,(H2,20,21,23)/t14-,16+,19+/m1/s1. The van der Waals surface area contributed by atoms with Crippen molar-refractivity contribution in [3.8, 4) is 11.5 Å². The van der Waals surface area contributed by atoms with Crippen LogP contribution in [0.25, 0.3) is 0 Å². The number of ether oxygens (including phenoxy) is 2. The fraction of sp³-hybridized carbons (Fsp3) is 0.368. The Morgan fingerprint density at radius 2 is 2.19 bits per heavy atom. The normalized spacial score (nSPS) is 24.1. The predicted molar refractivity (Wildman–Crippen MR) is 96.9 cm³/mol. The maximum Gasteiger partial charge on any atom is 0.313 e. The number of H-pyrrole nitrogens is 2. The number of nitrogens with one attached hydrogen (secondary N) is 2. The smallest absolute Gasteiger partial charge is 0.313 e. The highest BCUT2D eigenvalue weighted by Crippen LogP contribution is 2.45. The predicted octanol–water partition coefficient (Wildman–Crippen LogP) is 1.20. The zero-order chi connectivity index (χ0) is 19.8. The van der Waals surface area contributed by atoms with Crippen LogP contribution in [0.4, 0.5) is 0 Å². The van der Waals surface area contributed by atoms with Gasteiger partial charge in [0.15, 0.2) is 11.5 Å². The van der Waals surface area contributed by atoms with Crippen molar-refractivity contribution in [1.29, 1.82) is 0 Å². The van der Waals surface area contributed by atoms with Crippen LogP contribution >= 0.6 is 0 Å². The summed E-state index contributed by atoms with van der Waals surface area (Å²) >= 11 is 0. The molecular weight excluding hydrogens is 352 g/mol. The Bertz CT molecular complexity index is 927. The number of rotatable bonds is 5. The lowest BCUT2D eigenvalue weighted by Gasteiger charge is -2.40. The fourth-order valence-electron chi connectivity index (χ4n) is 3.73. The van der Waals surface area contributed by atoms with Gasteiger partial charge in [0, 0.05) is 23.6 Å². The van der Waals surface area contributed by atoms with E-state index in [2.05, 4.69) is 16.8 Å². The van der Waals surface area contributed by atoms with E-state index in [1.54, 1.807) is 12.1 Å². The van der Waals surface area contributed by atoms with Crippen molar-refractivity contribution in [2.75, 3.05) is 13.7 Å². The minimum atomic E-state index is -1.47. The molecule has 0 radical (unpaired) electrons. The summed E-state index contributed by atoms with van der Waals surface area (Å²) in [5.41, 5.74) is -0.424.